The molecule has 0 saturated heterocycles. The zero-order chi connectivity index (χ0) is 16.1. The molecular weight excluding hydrogens is 335 g/mol. The van der Waals surface area contributed by atoms with E-state index in [1.165, 1.54) is 0 Å². The van der Waals surface area contributed by atoms with Gasteiger partial charge in [-0.3, -0.25) is 0 Å². The van der Waals surface area contributed by atoms with Crippen molar-refractivity contribution in [1.82, 2.24) is 14.9 Å². The fourth-order valence-corrected chi connectivity index (χ4v) is 2.51. The number of rotatable bonds is 6. The SMILES string of the molecule is Clc1ccc(COc2ccccc2CNn2cnnc2)c(Cl)c1. The van der Waals surface area contributed by atoms with Crippen molar-refractivity contribution in [3.05, 3.63) is 76.3 Å². The first-order valence-electron chi connectivity index (χ1n) is 6.95. The molecule has 118 valence electrons. The van der Waals surface area contributed by atoms with Gasteiger partial charge in [0.2, 0.25) is 0 Å². The minimum Gasteiger partial charge on any atom is -0.488 e. The summed E-state index contributed by atoms with van der Waals surface area (Å²) in [4.78, 5) is 0. The molecule has 0 radical (unpaired) electrons. The van der Waals surface area contributed by atoms with E-state index in [0.717, 1.165) is 16.9 Å². The quantitative estimate of drug-likeness (QED) is 0.733. The summed E-state index contributed by atoms with van der Waals surface area (Å²) < 4.78 is 7.59. The van der Waals surface area contributed by atoms with E-state index in [2.05, 4.69) is 15.6 Å². The van der Waals surface area contributed by atoms with Gasteiger partial charge in [-0.25, -0.2) is 4.68 Å². The van der Waals surface area contributed by atoms with Crippen molar-refractivity contribution < 1.29 is 4.74 Å². The fraction of sp³-hybridized carbons (Fsp3) is 0.125. The van der Waals surface area contributed by atoms with Crippen molar-refractivity contribution in [3.8, 4) is 5.75 Å². The highest BCUT2D eigenvalue weighted by Gasteiger charge is 2.06. The number of nitrogens with zero attached hydrogens (tertiary/aromatic N) is 3. The summed E-state index contributed by atoms with van der Waals surface area (Å²) in [6.45, 7) is 0.961. The molecule has 0 unspecified atom stereocenters. The summed E-state index contributed by atoms with van der Waals surface area (Å²) in [6, 6.07) is 13.2. The number of hydrogen-bond donors (Lipinski definition) is 1. The van der Waals surface area contributed by atoms with Crippen LogP contribution < -0.4 is 10.2 Å². The first-order chi connectivity index (χ1) is 11.2. The van der Waals surface area contributed by atoms with Crippen LogP contribution in [0.15, 0.2) is 55.1 Å². The first kappa shape index (κ1) is 15.6. The second kappa shape index (κ2) is 7.35. The number of nitrogens with one attached hydrogen (secondary N) is 1. The Labute approximate surface area is 143 Å². The normalized spacial score (nSPS) is 10.5. The van der Waals surface area contributed by atoms with Crippen LogP contribution in [0.3, 0.4) is 0 Å². The van der Waals surface area contributed by atoms with Gasteiger partial charge in [-0.1, -0.05) is 47.5 Å². The molecule has 1 aromatic heterocycles. The Balaban J connectivity index is 1.67. The van der Waals surface area contributed by atoms with Crippen LogP contribution in [0, 0.1) is 0 Å². The molecule has 0 saturated carbocycles. The molecule has 0 spiro atoms. The zero-order valence-corrected chi connectivity index (χ0v) is 13.6. The van der Waals surface area contributed by atoms with E-state index in [1.54, 1.807) is 29.5 Å². The van der Waals surface area contributed by atoms with Crippen LogP contribution in [0.1, 0.15) is 11.1 Å². The fourth-order valence-electron chi connectivity index (χ4n) is 2.04. The number of hydrogen-bond acceptors (Lipinski definition) is 4. The van der Waals surface area contributed by atoms with Crippen molar-refractivity contribution >= 4 is 23.2 Å². The van der Waals surface area contributed by atoms with Crippen LogP contribution in [0.2, 0.25) is 10.0 Å². The van der Waals surface area contributed by atoms with E-state index in [9.17, 15) is 0 Å². The van der Waals surface area contributed by atoms with E-state index in [4.69, 9.17) is 27.9 Å². The minimum absolute atomic E-state index is 0.375. The maximum atomic E-state index is 6.17. The van der Waals surface area contributed by atoms with Gasteiger partial charge in [0.05, 0.1) is 6.54 Å². The van der Waals surface area contributed by atoms with Gasteiger partial charge < -0.3 is 10.2 Å². The zero-order valence-electron chi connectivity index (χ0n) is 12.1. The van der Waals surface area contributed by atoms with E-state index in [0.29, 0.717) is 23.2 Å². The van der Waals surface area contributed by atoms with Gasteiger partial charge in [-0.15, -0.1) is 10.2 Å². The molecule has 23 heavy (non-hydrogen) atoms. The third-order valence-corrected chi connectivity index (χ3v) is 3.83. The maximum Gasteiger partial charge on any atom is 0.138 e. The lowest BCUT2D eigenvalue weighted by atomic mass is 10.2. The number of aromatic nitrogens is 3. The molecule has 0 aliphatic carbocycles. The Morgan fingerprint density at radius 1 is 1.00 bits per heavy atom. The first-order valence-corrected chi connectivity index (χ1v) is 7.71. The highest BCUT2D eigenvalue weighted by molar-refractivity contribution is 6.35. The molecule has 1 N–H and O–H groups in total. The highest BCUT2D eigenvalue weighted by atomic mass is 35.5. The van der Waals surface area contributed by atoms with Crippen molar-refractivity contribution in [2.24, 2.45) is 0 Å². The highest BCUT2D eigenvalue weighted by Crippen LogP contribution is 2.24. The lowest BCUT2D eigenvalue weighted by Crippen LogP contribution is -2.13. The molecule has 5 nitrogen and oxygen atoms in total. The lowest BCUT2D eigenvalue weighted by molar-refractivity contribution is 0.303. The van der Waals surface area contributed by atoms with E-state index in [1.807, 2.05) is 30.3 Å². The summed E-state index contributed by atoms with van der Waals surface area (Å²) in [5.74, 6) is 0.791. The van der Waals surface area contributed by atoms with Crippen molar-refractivity contribution in [1.29, 1.82) is 0 Å². The number of benzene rings is 2. The van der Waals surface area contributed by atoms with Gasteiger partial charge in [0, 0.05) is 21.2 Å². The van der Waals surface area contributed by atoms with Gasteiger partial charge in [-0.05, 0) is 18.2 Å². The van der Waals surface area contributed by atoms with Gasteiger partial charge >= 0.3 is 0 Å². The number of ether oxygens (including phenoxy) is 1. The second-order valence-corrected chi connectivity index (χ2v) is 5.68. The van der Waals surface area contributed by atoms with Crippen LogP contribution in [0.25, 0.3) is 0 Å². The van der Waals surface area contributed by atoms with Crippen LogP contribution in [0.5, 0.6) is 5.75 Å². The Bertz CT molecular complexity index is 778. The Morgan fingerprint density at radius 2 is 1.78 bits per heavy atom. The predicted molar refractivity (Wildman–Crippen MR) is 90.3 cm³/mol. The summed E-state index contributed by atoms with van der Waals surface area (Å²) in [5.41, 5.74) is 5.07. The number of para-hydroxylation sites is 1. The smallest absolute Gasteiger partial charge is 0.138 e. The van der Waals surface area contributed by atoms with Crippen molar-refractivity contribution in [3.63, 3.8) is 0 Å². The lowest BCUT2D eigenvalue weighted by Gasteiger charge is -2.13. The Morgan fingerprint density at radius 3 is 2.57 bits per heavy atom. The van der Waals surface area contributed by atoms with Crippen LogP contribution >= 0.6 is 23.2 Å². The summed E-state index contributed by atoms with van der Waals surface area (Å²) in [7, 11) is 0. The molecule has 3 rings (SSSR count). The molecular formula is C16H14Cl2N4O. The van der Waals surface area contributed by atoms with Gasteiger partial charge in [-0.2, -0.15) is 0 Å². The molecule has 3 aromatic rings. The van der Waals surface area contributed by atoms with Crippen LogP contribution in [-0.2, 0) is 13.2 Å². The molecule has 0 atom stereocenters. The van der Waals surface area contributed by atoms with Gasteiger partial charge in [0.1, 0.15) is 25.0 Å². The average Bonchev–Trinajstić information content (AvgIpc) is 3.06. The van der Waals surface area contributed by atoms with Crippen LogP contribution in [0.4, 0.5) is 0 Å². The molecule has 2 aromatic carbocycles. The van der Waals surface area contributed by atoms with E-state index >= 15 is 0 Å². The van der Waals surface area contributed by atoms with Gasteiger partial charge in [0.15, 0.2) is 0 Å². The monoisotopic (exact) mass is 348 g/mol. The van der Waals surface area contributed by atoms with E-state index < -0.39 is 0 Å². The summed E-state index contributed by atoms with van der Waals surface area (Å²) in [5, 5.41) is 8.69. The molecule has 1 heterocycles. The molecule has 0 fully saturated rings. The van der Waals surface area contributed by atoms with Crippen LogP contribution in [-0.4, -0.2) is 14.9 Å². The molecule has 0 bridgehead atoms. The third-order valence-electron chi connectivity index (χ3n) is 3.24. The second-order valence-electron chi connectivity index (χ2n) is 4.84. The van der Waals surface area contributed by atoms with Crippen molar-refractivity contribution in [2.75, 3.05) is 5.43 Å². The maximum absolute atomic E-state index is 6.17. The molecule has 0 aliphatic rings. The largest absolute Gasteiger partial charge is 0.488 e. The summed E-state index contributed by atoms with van der Waals surface area (Å²) in [6.07, 6.45) is 3.19. The van der Waals surface area contributed by atoms with Crippen molar-refractivity contribution in [2.45, 2.75) is 13.2 Å². The van der Waals surface area contributed by atoms with Gasteiger partial charge in [0.25, 0.3) is 0 Å². The topological polar surface area (TPSA) is 52.0 Å². The van der Waals surface area contributed by atoms with E-state index in [-0.39, 0.29) is 0 Å². The average molecular weight is 349 g/mol. The standard InChI is InChI=1S/C16H14Cl2N4O/c17-14-6-5-13(15(18)7-14)9-23-16-4-2-1-3-12(16)8-21-22-10-19-20-11-22/h1-7,10-11,21H,8-9H2. The minimum atomic E-state index is 0.375. The Hall–Kier alpha value is -2.24. The third kappa shape index (κ3) is 4.15. The Kier molecular flexibility index (Phi) is 5.00. The molecule has 0 aliphatic heterocycles. The molecule has 0 amide bonds. The number of halogens is 2. The molecule has 7 heteroatoms. The predicted octanol–water partition coefficient (Wildman–Crippen LogP) is 3.91. The summed E-state index contributed by atoms with van der Waals surface area (Å²) >= 11 is 12.1.